The third kappa shape index (κ3) is 4.84. The van der Waals surface area contributed by atoms with E-state index in [0.717, 1.165) is 12.1 Å². The van der Waals surface area contributed by atoms with Crippen LogP contribution in [-0.4, -0.2) is 36.6 Å². The largest absolute Gasteiger partial charge is 0.312 e. The molecule has 0 aromatic heterocycles. The fourth-order valence-corrected chi connectivity index (χ4v) is 2.69. The van der Waals surface area contributed by atoms with Crippen molar-refractivity contribution in [3.8, 4) is 0 Å². The van der Waals surface area contributed by atoms with Crippen LogP contribution in [0.25, 0.3) is 0 Å². The first-order chi connectivity index (χ1) is 7.77. The van der Waals surface area contributed by atoms with Crippen LogP contribution in [0.2, 0.25) is 0 Å². The highest BCUT2D eigenvalue weighted by molar-refractivity contribution is 4.76. The lowest BCUT2D eigenvalue weighted by molar-refractivity contribution is 0.242. The normalized spacial score (nSPS) is 19.5. The second kappa shape index (κ2) is 8.08. The molecule has 1 rings (SSSR count). The van der Waals surface area contributed by atoms with Crippen LogP contribution < -0.4 is 5.32 Å². The maximum absolute atomic E-state index is 3.76. The Morgan fingerprint density at radius 1 is 1.06 bits per heavy atom. The number of nitrogens with one attached hydrogen (secondary N) is 1. The monoisotopic (exact) mass is 226 g/mol. The van der Waals surface area contributed by atoms with Crippen molar-refractivity contribution in [2.45, 2.75) is 71.4 Å². The fourth-order valence-electron chi connectivity index (χ4n) is 2.69. The van der Waals surface area contributed by atoms with Crippen LogP contribution in [-0.2, 0) is 0 Å². The summed E-state index contributed by atoms with van der Waals surface area (Å²) in [5, 5.41) is 3.76. The summed E-state index contributed by atoms with van der Waals surface area (Å²) in [6, 6.07) is 1.47. The summed E-state index contributed by atoms with van der Waals surface area (Å²) >= 11 is 0. The molecule has 0 amide bonds. The topological polar surface area (TPSA) is 15.3 Å². The van der Waals surface area contributed by atoms with Gasteiger partial charge in [-0.25, -0.2) is 0 Å². The van der Waals surface area contributed by atoms with Crippen molar-refractivity contribution in [2.24, 2.45) is 0 Å². The average Bonchev–Trinajstić information content (AvgIpc) is 2.79. The van der Waals surface area contributed by atoms with E-state index in [-0.39, 0.29) is 0 Å². The zero-order valence-electron chi connectivity index (χ0n) is 11.5. The van der Waals surface area contributed by atoms with Gasteiger partial charge in [-0.3, -0.25) is 4.90 Å². The van der Waals surface area contributed by atoms with Crippen LogP contribution in [0.15, 0.2) is 0 Å². The molecule has 1 aliphatic rings. The molecule has 1 saturated heterocycles. The Morgan fingerprint density at radius 2 is 1.62 bits per heavy atom. The summed E-state index contributed by atoms with van der Waals surface area (Å²) in [5.74, 6) is 0. The van der Waals surface area contributed by atoms with Crippen LogP contribution in [0.3, 0.4) is 0 Å². The van der Waals surface area contributed by atoms with Gasteiger partial charge in [0.2, 0.25) is 0 Å². The van der Waals surface area contributed by atoms with Gasteiger partial charge in [0, 0.05) is 18.6 Å². The molecule has 0 radical (unpaired) electrons. The van der Waals surface area contributed by atoms with Crippen LogP contribution in [0.4, 0.5) is 0 Å². The van der Waals surface area contributed by atoms with Crippen molar-refractivity contribution < 1.29 is 0 Å². The van der Waals surface area contributed by atoms with Crippen LogP contribution in [0.1, 0.15) is 59.3 Å². The Kier molecular flexibility index (Phi) is 7.06. The first kappa shape index (κ1) is 14.0. The Hall–Kier alpha value is -0.0800. The van der Waals surface area contributed by atoms with E-state index in [2.05, 4.69) is 31.0 Å². The van der Waals surface area contributed by atoms with Crippen LogP contribution >= 0.6 is 0 Å². The lowest BCUT2D eigenvalue weighted by Gasteiger charge is -2.26. The molecule has 1 heterocycles. The number of hydrogen-bond acceptors (Lipinski definition) is 2. The summed E-state index contributed by atoms with van der Waals surface area (Å²) in [4.78, 5) is 2.63. The van der Waals surface area contributed by atoms with E-state index in [1.807, 2.05) is 0 Å². The molecule has 0 saturated carbocycles. The molecule has 1 atom stereocenters. The summed E-state index contributed by atoms with van der Waals surface area (Å²) in [6.07, 6.45) is 8.07. The van der Waals surface area contributed by atoms with Gasteiger partial charge in [-0.2, -0.15) is 0 Å². The van der Waals surface area contributed by atoms with Gasteiger partial charge in [-0.15, -0.1) is 0 Å². The van der Waals surface area contributed by atoms with Gasteiger partial charge < -0.3 is 5.32 Å². The molecule has 1 fully saturated rings. The van der Waals surface area contributed by atoms with Crippen LogP contribution in [0.5, 0.6) is 0 Å². The molecule has 0 bridgehead atoms. The summed E-state index contributed by atoms with van der Waals surface area (Å²) < 4.78 is 0. The smallest absolute Gasteiger partial charge is 0.0192 e. The molecule has 0 spiro atoms. The van der Waals surface area contributed by atoms with Crippen molar-refractivity contribution in [1.82, 2.24) is 10.2 Å². The van der Waals surface area contributed by atoms with E-state index < -0.39 is 0 Å². The zero-order chi connectivity index (χ0) is 11.8. The van der Waals surface area contributed by atoms with Gasteiger partial charge in [0.1, 0.15) is 0 Å². The van der Waals surface area contributed by atoms with Gasteiger partial charge in [0.25, 0.3) is 0 Å². The third-order valence-corrected chi connectivity index (χ3v) is 3.74. The number of hydrogen-bond donors (Lipinski definition) is 1. The molecule has 0 aliphatic carbocycles. The molecule has 16 heavy (non-hydrogen) atoms. The Bertz CT molecular complexity index is 156. The first-order valence-electron chi connectivity index (χ1n) is 7.25. The van der Waals surface area contributed by atoms with Crippen molar-refractivity contribution in [1.29, 1.82) is 0 Å². The molecule has 1 aliphatic heterocycles. The Morgan fingerprint density at radius 3 is 2.12 bits per heavy atom. The van der Waals surface area contributed by atoms with Gasteiger partial charge in [-0.05, 0) is 45.7 Å². The first-order valence-corrected chi connectivity index (χ1v) is 7.25. The second-order valence-electron chi connectivity index (χ2n) is 5.27. The standard InChI is InChI=1S/C14H30N2/c1-4-8-14(9-5-2)15-12-13(3)16-10-6-7-11-16/h13-15H,4-12H2,1-3H3. The maximum atomic E-state index is 3.76. The van der Waals surface area contributed by atoms with Crippen molar-refractivity contribution in [2.75, 3.05) is 19.6 Å². The zero-order valence-corrected chi connectivity index (χ0v) is 11.5. The predicted octanol–water partition coefficient (Wildman–Crippen LogP) is 3.03. The minimum absolute atomic E-state index is 0.721. The molecule has 1 unspecified atom stereocenters. The SMILES string of the molecule is CCCC(CCC)NCC(C)N1CCCC1. The number of nitrogens with zero attached hydrogens (tertiary/aromatic N) is 1. The minimum atomic E-state index is 0.721. The molecule has 0 aromatic rings. The quantitative estimate of drug-likeness (QED) is 0.684. The minimum Gasteiger partial charge on any atom is -0.312 e. The number of likely N-dealkylation sites (tertiary alicyclic amines) is 1. The highest BCUT2D eigenvalue weighted by atomic mass is 15.2. The fraction of sp³-hybridized carbons (Fsp3) is 1.00. The van der Waals surface area contributed by atoms with Gasteiger partial charge in [0.05, 0.1) is 0 Å². The lowest BCUT2D eigenvalue weighted by atomic mass is 10.1. The second-order valence-corrected chi connectivity index (χ2v) is 5.27. The van der Waals surface area contributed by atoms with Gasteiger partial charge in [0.15, 0.2) is 0 Å². The molecule has 2 heteroatoms. The lowest BCUT2D eigenvalue weighted by Crippen LogP contribution is -2.42. The van der Waals surface area contributed by atoms with Gasteiger partial charge >= 0.3 is 0 Å². The average molecular weight is 226 g/mol. The summed E-state index contributed by atoms with van der Waals surface area (Å²) in [5.41, 5.74) is 0. The molecule has 0 aromatic carbocycles. The van der Waals surface area contributed by atoms with Crippen LogP contribution in [0, 0.1) is 0 Å². The molecular formula is C14H30N2. The maximum Gasteiger partial charge on any atom is 0.0192 e. The molecular weight excluding hydrogens is 196 g/mol. The Labute approximate surface area is 102 Å². The highest BCUT2D eigenvalue weighted by Gasteiger charge is 2.18. The van der Waals surface area contributed by atoms with Crippen molar-refractivity contribution in [3.05, 3.63) is 0 Å². The van der Waals surface area contributed by atoms with E-state index in [1.54, 1.807) is 0 Å². The highest BCUT2D eigenvalue weighted by Crippen LogP contribution is 2.11. The predicted molar refractivity (Wildman–Crippen MR) is 71.9 cm³/mol. The molecule has 1 N–H and O–H groups in total. The Balaban J connectivity index is 2.18. The van der Waals surface area contributed by atoms with Crippen molar-refractivity contribution >= 4 is 0 Å². The number of rotatable bonds is 8. The molecule has 96 valence electrons. The third-order valence-electron chi connectivity index (χ3n) is 3.74. The van der Waals surface area contributed by atoms with Crippen molar-refractivity contribution in [3.63, 3.8) is 0 Å². The van der Waals surface area contributed by atoms with E-state index >= 15 is 0 Å². The van der Waals surface area contributed by atoms with E-state index in [0.29, 0.717) is 0 Å². The van der Waals surface area contributed by atoms with E-state index in [9.17, 15) is 0 Å². The van der Waals surface area contributed by atoms with E-state index in [4.69, 9.17) is 0 Å². The van der Waals surface area contributed by atoms with Gasteiger partial charge in [-0.1, -0.05) is 26.7 Å². The van der Waals surface area contributed by atoms with E-state index in [1.165, 1.54) is 58.2 Å². The summed E-state index contributed by atoms with van der Waals surface area (Å²) in [7, 11) is 0. The molecule has 2 nitrogen and oxygen atoms in total. The summed E-state index contributed by atoms with van der Waals surface area (Å²) in [6.45, 7) is 10.7.